The average molecular weight is 475 g/mol. The number of carbonyl (C=O) groups is 1. The van der Waals surface area contributed by atoms with Gasteiger partial charge >= 0.3 is 13.9 Å². The number of non-ortho nitro benzene ring substituents is 1. The van der Waals surface area contributed by atoms with Gasteiger partial charge in [-0.05, 0) is 33.3 Å². The zero-order valence-corrected chi connectivity index (χ0v) is 20.2. The van der Waals surface area contributed by atoms with Gasteiger partial charge < -0.3 is 4.74 Å². The van der Waals surface area contributed by atoms with Gasteiger partial charge in [0.2, 0.25) is 5.30 Å². The van der Waals surface area contributed by atoms with Crippen LogP contribution in [0, 0.1) is 24.0 Å². The topological polar surface area (TPSA) is 121 Å². The van der Waals surface area contributed by atoms with Crippen LogP contribution in [0.5, 0.6) is 0 Å². The number of hydrogen-bond acceptors (Lipinski definition) is 8. The Bertz CT molecular complexity index is 1070. The van der Waals surface area contributed by atoms with E-state index in [1.165, 1.54) is 25.3 Å². The maximum atomic E-state index is 12.8. The molecule has 1 heterocycles. The van der Waals surface area contributed by atoms with Gasteiger partial charge in [0.05, 0.1) is 34.5 Å². The van der Waals surface area contributed by atoms with Crippen molar-refractivity contribution in [1.29, 1.82) is 0 Å². The van der Waals surface area contributed by atoms with E-state index < -0.39 is 18.8 Å². The normalized spacial score (nSPS) is 13.4. The van der Waals surface area contributed by atoms with Gasteiger partial charge in [-0.1, -0.05) is 36.4 Å². The van der Waals surface area contributed by atoms with Crippen LogP contribution in [0.1, 0.15) is 35.6 Å². The molecule has 33 heavy (non-hydrogen) atoms. The molecule has 9 nitrogen and oxygen atoms in total. The van der Waals surface area contributed by atoms with E-state index >= 15 is 0 Å². The van der Waals surface area contributed by atoms with E-state index in [2.05, 4.69) is 4.98 Å². The number of methoxy groups -OCH3 is 1. The van der Waals surface area contributed by atoms with E-state index in [1.807, 2.05) is 13.8 Å². The summed E-state index contributed by atoms with van der Waals surface area (Å²) in [6.45, 7) is 7.00. The Balaban J connectivity index is 2.93. The van der Waals surface area contributed by atoms with E-state index in [4.69, 9.17) is 13.8 Å². The van der Waals surface area contributed by atoms with Crippen molar-refractivity contribution in [2.24, 2.45) is 0 Å². The molecule has 2 aromatic rings. The second-order valence-corrected chi connectivity index (χ2v) is 8.93. The number of hydrogen-bond donors (Lipinski definition) is 1. The molecule has 1 N–H and O–H groups in total. The summed E-state index contributed by atoms with van der Waals surface area (Å²) in [6.07, 6.45) is 6.93. The number of esters is 1. The van der Waals surface area contributed by atoms with Crippen molar-refractivity contribution in [3.8, 4) is 11.1 Å². The first kappa shape index (κ1) is 26.3. The summed E-state index contributed by atoms with van der Waals surface area (Å²) < 4.78 is 16.6. The number of aryl methyl sites for hydroxylation is 2. The van der Waals surface area contributed by atoms with E-state index in [1.54, 1.807) is 44.2 Å². The number of nitro benzene ring substituents is 1. The van der Waals surface area contributed by atoms with Crippen molar-refractivity contribution in [3.05, 3.63) is 75.6 Å². The van der Waals surface area contributed by atoms with Crippen LogP contribution in [-0.4, -0.2) is 41.1 Å². The molecule has 0 spiro atoms. The quantitative estimate of drug-likeness (QED) is 0.174. The van der Waals surface area contributed by atoms with Crippen molar-refractivity contribution in [2.75, 3.05) is 20.3 Å². The molecule has 176 valence electrons. The molecule has 0 radical (unpaired) electrons. The number of carbonyl (C=O) groups excluding carboxylic acids is 1. The predicted octanol–water partition coefficient (Wildman–Crippen LogP) is 4.63. The first-order valence-corrected chi connectivity index (χ1v) is 11.8. The molecule has 0 amide bonds. The summed E-state index contributed by atoms with van der Waals surface area (Å²) >= 11 is 0. The molecular weight excluding hydrogens is 447 g/mol. The van der Waals surface area contributed by atoms with E-state index in [9.17, 15) is 19.8 Å². The summed E-state index contributed by atoms with van der Waals surface area (Å²) in [7, 11) is -2.57. The Kier molecular flexibility index (Phi) is 9.37. The molecule has 0 fully saturated rings. The van der Waals surface area contributed by atoms with Crippen molar-refractivity contribution >= 4 is 24.9 Å². The molecule has 0 aliphatic rings. The molecule has 10 heteroatoms. The smallest absolute Gasteiger partial charge is 0.449 e. The highest BCUT2D eigenvalue weighted by Gasteiger charge is 2.50. The first-order chi connectivity index (χ1) is 15.7. The number of allylic oxidation sites excluding steroid dienone is 2. The molecule has 0 aliphatic heterocycles. The van der Waals surface area contributed by atoms with Crippen LogP contribution in [0.3, 0.4) is 0 Å². The second kappa shape index (κ2) is 11.8. The summed E-state index contributed by atoms with van der Waals surface area (Å²) in [5, 5.41) is 11.6. The van der Waals surface area contributed by atoms with Crippen LogP contribution < -0.4 is 5.30 Å². The molecule has 1 aromatic heterocycles. The van der Waals surface area contributed by atoms with Gasteiger partial charge in [0, 0.05) is 12.1 Å². The molecule has 0 saturated carbocycles. The van der Waals surface area contributed by atoms with Crippen LogP contribution >= 0.6 is 7.94 Å². The Morgan fingerprint density at radius 3 is 2.27 bits per heavy atom. The fraction of sp³-hybridized carbons (Fsp3) is 0.304. The van der Waals surface area contributed by atoms with Crippen LogP contribution in [0.4, 0.5) is 5.69 Å². The Morgan fingerprint density at radius 1 is 1.15 bits per heavy atom. The number of aromatic nitrogens is 1. The SMILES string of the molecule is CC=CCO[P+](O)(OCC=CC)c1c(C)nc(C)c(C(=O)OC)c1-c1cccc([N+](=O)[O-])c1. The van der Waals surface area contributed by atoms with E-state index in [-0.39, 0.29) is 35.3 Å². The van der Waals surface area contributed by atoms with E-state index in [0.717, 1.165) is 0 Å². The lowest BCUT2D eigenvalue weighted by Crippen LogP contribution is -2.26. The zero-order chi connectivity index (χ0) is 24.6. The summed E-state index contributed by atoms with van der Waals surface area (Å²) in [5.74, 6) is -0.698. The van der Waals surface area contributed by atoms with Crippen molar-refractivity contribution in [3.63, 3.8) is 0 Å². The lowest BCUT2D eigenvalue weighted by Gasteiger charge is -2.22. The minimum atomic E-state index is -3.80. The third kappa shape index (κ3) is 6.09. The number of rotatable bonds is 10. The van der Waals surface area contributed by atoms with Crippen molar-refractivity contribution in [1.82, 2.24) is 4.98 Å². The molecule has 2 rings (SSSR count). The molecule has 0 aliphatic carbocycles. The van der Waals surface area contributed by atoms with Crippen LogP contribution in [0.2, 0.25) is 0 Å². The minimum Gasteiger partial charge on any atom is -0.465 e. The number of benzene rings is 1. The van der Waals surface area contributed by atoms with Gasteiger partial charge in [0.15, 0.2) is 0 Å². The number of pyridine rings is 1. The molecule has 0 atom stereocenters. The molecule has 0 saturated heterocycles. The minimum absolute atomic E-state index is 0.0475. The molecule has 0 bridgehead atoms. The summed E-state index contributed by atoms with van der Waals surface area (Å²) in [5.41, 5.74) is 1.17. The van der Waals surface area contributed by atoms with Crippen molar-refractivity contribution < 1.29 is 28.4 Å². The predicted molar refractivity (Wildman–Crippen MR) is 127 cm³/mol. The molecule has 0 unspecified atom stereocenters. The fourth-order valence-electron chi connectivity index (χ4n) is 3.24. The van der Waals surface area contributed by atoms with E-state index in [0.29, 0.717) is 17.0 Å². The monoisotopic (exact) mass is 475 g/mol. The first-order valence-electron chi connectivity index (χ1n) is 10.2. The fourth-order valence-corrected chi connectivity index (χ4v) is 5.13. The number of nitrogens with zero attached hydrogens (tertiary/aromatic N) is 2. The largest absolute Gasteiger partial charge is 0.465 e. The highest BCUT2D eigenvalue weighted by molar-refractivity contribution is 7.69. The lowest BCUT2D eigenvalue weighted by atomic mass is 9.97. The van der Waals surface area contributed by atoms with Gasteiger partial charge in [-0.15, -0.1) is 0 Å². The zero-order valence-electron chi connectivity index (χ0n) is 19.3. The highest BCUT2D eigenvalue weighted by Crippen LogP contribution is 2.58. The Labute approximate surface area is 193 Å². The van der Waals surface area contributed by atoms with Crippen molar-refractivity contribution in [2.45, 2.75) is 27.7 Å². The van der Waals surface area contributed by atoms with Crippen LogP contribution in [-0.2, 0) is 13.8 Å². The third-order valence-corrected chi connectivity index (χ3v) is 6.82. The summed E-state index contributed by atoms with van der Waals surface area (Å²) in [4.78, 5) is 39.8. The average Bonchev–Trinajstić information content (AvgIpc) is 2.78. The van der Waals surface area contributed by atoms with Gasteiger partial charge in [0.1, 0.15) is 13.2 Å². The maximum absolute atomic E-state index is 12.8. The lowest BCUT2D eigenvalue weighted by molar-refractivity contribution is -0.384. The third-order valence-electron chi connectivity index (χ3n) is 4.71. The summed E-state index contributed by atoms with van der Waals surface area (Å²) in [6, 6.07) is 5.78. The second-order valence-electron chi connectivity index (χ2n) is 6.93. The molecular formula is C23H28N2O7P+. The van der Waals surface area contributed by atoms with Crippen LogP contribution in [0.25, 0.3) is 11.1 Å². The van der Waals surface area contributed by atoms with Crippen LogP contribution in [0.15, 0.2) is 48.6 Å². The Hall–Kier alpha value is -2.97. The molecule has 1 aromatic carbocycles. The van der Waals surface area contributed by atoms with Gasteiger partial charge in [0.25, 0.3) is 5.69 Å². The highest BCUT2D eigenvalue weighted by atomic mass is 31.2. The number of nitro groups is 1. The van der Waals surface area contributed by atoms with Gasteiger partial charge in [-0.3, -0.25) is 15.1 Å². The number of ether oxygens (including phenoxy) is 1. The van der Waals surface area contributed by atoms with Gasteiger partial charge in [-0.25, -0.2) is 4.79 Å². The maximum Gasteiger partial charge on any atom is 0.449 e. The Morgan fingerprint density at radius 2 is 1.76 bits per heavy atom. The standard InChI is InChI=1S/C23H28N2O7P/c1-6-8-13-31-33(29,32-14-9-7-2)22-17(4)24-16(3)20(23(26)30-5)21(22)18-11-10-12-19(15-18)25(27)28/h6-12,15,29H,13-14H2,1-5H3/q+1. The van der Waals surface area contributed by atoms with Gasteiger partial charge in [-0.2, -0.15) is 13.9 Å².